The van der Waals surface area contributed by atoms with Crippen LogP contribution in [0.2, 0.25) is 0 Å². The molecule has 0 fully saturated rings. The van der Waals surface area contributed by atoms with Gasteiger partial charge in [-0.15, -0.1) is 0 Å². The average Bonchev–Trinajstić information content (AvgIpc) is 3.18. The molecule has 2 aromatic carbocycles. The number of hydrogen-bond donors (Lipinski definition) is 0. The minimum atomic E-state index is -0.592. The molecule has 1 aliphatic rings. The molecule has 7 nitrogen and oxygen atoms in total. The summed E-state index contributed by atoms with van der Waals surface area (Å²) in [6, 6.07) is 10.5. The van der Waals surface area contributed by atoms with E-state index in [9.17, 15) is 9.59 Å². The first kappa shape index (κ1) is 27.7. The SMILES string of the molecule is CCCCCCOc1ccc(C2c3c(oc4ccc(C)cc4c3=O)C(=O)N2CCCOC(C)C)cc1OC. The molecule has 0 radical (unpaired) electrons. The van der Waals surface area contributed by atoms with Gasteiger partial charge >= 0.3 is 0 Å². The molecule has 0 aliphatic carbocycles. The van der Waals surface area contributed by atoms with E-state index >= 15 is 0 Å². The predicted octanol–water partition coefficient (Wildman–Crippen LogP) is 6.43. The van der Waals surface area contributed by atoms with Crippen LogP contribution in [0.25, 0.3) is 11.0 Å². The third-order valence-corrected chi connectivity index (χ3v) is 6.87. The van der Waals surface area contributed by atoms with Gasteiger partial charge in [0.05, 0.1) is 36.8 Å². The molecule has 1 unspecified atom stereocenters. The Hall–Kier alpha value is -3.32. The van der Waals surface area contributed by atoms with Gasteiger partial charge in [0, 0.05) is 13.2 Å². The van der Waals surface area contributed by atoms with Crippen LogP contribution in [0.1, 0.15) is 86.2 Å². The number of rotatable bonds is 13. The fraction of sp³-hybridized carbons (Fsp3) is 0.484. The van der Waals surface area contributed by atoms with Crippen molar-refractivity contribution in [2.24, 2.45) is 0 Å². The predicted molar refractivity (Wildman–Crippen MR) is 148 cm³/mol. The van der Waals surface area contributed by atoms with E-state index in [2.05, 4.69) is 6.92 Å². The van der Waals surface area contributed by atoms with Gasteiger partial charge in [-0.3, -0.25) is 9.59 Å². The number of ether oxygens (including phenoxy) is 3. The van der Waals surface area contributed by atoms with Crippen LogP contribution in [-0.4, -0.2) is 43.8 Å². The van der Waals surface area contributed by atoms with Gasteiger partial charge in [-0.1, -0.05) is 43.9 Å². The normalized spacial score (nSPS) is 14.9. The second kappa shape index (κ2) is 12.5. The summed E-state index contributed by atoms with van der Waals surface area (Å²) in [6.07, 6.45) is 5.19. The molecule has 0 saturated carbocycles. The zero-order valence-electron chi connectivity index (χ0n) is 23.2. The van der Waals surface area contributed by atoms with E-state index in [0.717, 1.165) is 24.0 Å². The van der Waals surface area contributed by atoms with Crippen LogP contribution in [-0.2, 0) is 4.74 Å². The van der Waals surface area contributed by atoms with E-state index < -0.39 is 6.04 Å². The van der Waals surface area contributed by atoms with E-state index in [-0.39, 0.29) is 23.2 Å². The molecule has 7 heteroatoms. The molecule has 0 N–H and O–H groups in total. The van der Waals surface area contributed by atoms with Gasteiger partial charge in [0.25, 0.3) is 5.91 Å². The number of hydrogen-bond acceptors (Lipinski definition) is 6. The number of nitrogens with zero attached hydrogens (tertiary/aromatic N) is 1. The summed E-state index contributed by atoms with van der Waals surface area (Å²) >= 11 is 0. The minimum Gasteiger partial charge on any atom is -0.493 e. The number of aryl methyl sites for hydroxylation is 1. The van der Waals surface area contributed by atoms with Gasteiger partial charge in [-0.2, -0.15) is 0 Å². The molecule has 1 atom stereocenters. The summed E-state index contributed by atoms with van der Waals surface area (Å²) in [5.74, 6) is 1.04. The largest absolute Gasteiger partial charge is 0.493 e. The molecule has 0 spiro atoms. The summed E-state index contributed by atoms with van der Waals surface area (Å²) < 4.78 is 23.4. The fourth-order valence-corrected chi connectivity index (χ4v) is 4.95. The Labute approximate surface area is 224 Å². The number of benzene rings is 2. The lowest BCUT2D eigenvalue weighted by molar-refractivity contribution is 0.0593. The van der Waals surface area contributed by atoms with Crippen molar-refractivity contribution in [3.63, 3.8) is 0 Å². The lowest BCUT2D eigenvalue weighted by atomic mass is 9.97. The average molecular weight is 522 g/mol. The first-order valence-electron chi connectivity index (χ1n) is 13.7. The quantitative estimate of drug-likeness (QED) is 0.241. The molecule has 1 aliphatic heterocycles. The number of unbranched alkanes of at least 4 members (excludes halogenated alkanes) is 3. The summed E-state index contributed by atoms with van der Waals surface area (Å²) in [4.78, 5) is 29.1. The van der Waals surface area contributed by atoms with Crippen molar-refractivity contribution in [1.29, 1.82) is 0 Å². The number of fused-ring (bicyclic) bond motifs is 2. The highest BCUT2D eigenvalue weighted by Crippen LogP contribution is 2.41. The first-order chi connectivity index (χ1) is 18.3. The standard InChI is InChI=1S/C31H39NO6/c1-6-7-8-9-16-37-25-14-12-22(19-26(25)35-5)28-27-29(33)23-18-21(4)11-13-24(23)38-30(27)31(34)32(28)15-10-17-36-20(2)3/h11-14,18-20,28H,6-10,15-17H2,1-5H3. The Morgan fingerprint density at radius 1 is 0.974 bits per heavy atom. The van der Waals surface area contributed by atoms with Gasteiger partial charge in [0.2, 0.25) is 5.76 Å². The van der Waals surface area contributed by atoms with Crippen molar-refractivity contribution in [2.45, 2.75) is 71.9 Å². The second-order valence-corrected chi connectivity index (χ2v) is 10.2. The van der Waals surface area contributed by atoms with Crippen molar-refractivity contribution in [1.82, 2.24) is 4.90 Å². The maximum atomic E-state index is 13.8. The van der Waals surface area contributed by atoms with Gasteiger partial charge in [0.15, 0.2) is 16.9 Å². The summed E-state index contributed by atoms with van der Waals surface area (Å²) in [5.41, 5.74) is 2.33. The molecule has 2 heterocycles. The molecular formula is C31H39NO6. The topological polar surface area (TPSA) is 78.2 Å². The summed E-state index contributed by atoms with van der Waals surface area (Å²) in [5, 5.41) is 0.477. The number of carbonyl (C=O) groups is 1. The first-order valence-corrected chi connectivity index (χ1v) is 13.7. The van der Waals surface area contributed by atoms with Crippen LogP contribution in [0.3, 0.4) is 0 Å². The van der Waals surface area contributed by atoms with Gasteiger partial charge in [-0.05, 0) is 63.4 Å². The highest BCUT2D eigenvalue weighted by atomic mass is 16.5. The lowest BCUT2D eigenvalue weighted by Gasteiger charge is -2.26. The van der Waals surface area contributed by atoms with Gasteiger partial charge in [-0.25, -0.2) is 0 Å². The van der Waals surface area contributed by atoms with E-state index in [1.807, 2.05) is 51.1 Å². The van der Waals surface area contributed by atoms with E-state index in [0.29, 0.717) is 54.2 Å². The van der Waals surface area contributed by atoms with E-state index in [1.165, 1.54) is 12.8 Å². The van der Waals surface area contributed by atoms with Crippen molar-refractivity contribution in [3.8, 4) is 11.5 Å². The Kier molecular flexibility index (Phi) is 9.10. The Morgan fingerprint density at radius 3 is 2.53 bits per heavy atom. The van der Waals surface area contributed by atoms with E-state index in [4.69, 9.17) is 18.6 Å². The third kappa shape index (κ3) is 5.88. The highest BCUT2D eigenvalue weighted by Gasteiger charge is 2.42. The Balaban J connectivity index is 1.72. The van der Waals surface area contributed by atoms with Crippen molar-refractivity contribution in [2.75, 3.05) is 26.9 Å². The van der Waals surface area contributed by atoms with Crippen LogP contribution in [0.15, 0.2) is 45.6 Å². The van der Waals surface area contributed by atoms with Gasteiger partial charge in [0.1, 0.15) is 5.58 Å². The van der Waals surface area contributed by atoms with Gasteiger partial charge < -0.3 is 23.5 Å². The fourth-order valence-electron chi connectivity index (χ4n) is 4.95. The minimum absolute atomic E-state index is 0.104. The van der Waals surface area contributed by atoms with Crippen molar-refractivity contribution in [3.05, 3.63) is 69.1 Å². The third-order valence-electron chi connectivity index (χ3n) is 6.87. The number of carbonyl (C=O) groups excluding carboxylic acids is 1. The molecule has 0 bridgehead atoms. The van der Waals surface area contributed by atoms with Crippen LogP contribution >= 0.6 is 0 Å². The smallest absolute Gasteiger partial charge is 0.290 e. The molecule has 1 amide bonds. The lowest BCUT2D eigenvalue weighted by Crippen LogP contribution is -2.31. The summed E-state index contributed by atoms with van der Waals surface area (Å²) in [6.45, 7) is 9.62. The summed E-state index contributed by atoms with van der Waals surface area (Å²) in [7, 11) is 1.60. The highest BCUT2D eigenvalue weighted by molar-refractivity contribution is 5.99. The Bertz CT molecular complexity index is 1330. The molecule has 38 heavy (non-hydrogen) atoms. The van der Waals surface area contributed by atoms with Crippen LogP contribution in [0, 0.1) is 6.92 Å². The molecular weight excluding hydrogens is 482 g/mol. The second-order valence-electron chi connectivity index (χ2n) is 10.2. The molecule has 0 saturated heterocycles. The number of methoxy groups -OCH3 is 1. The molecule has 4 rings (SSSR count). The monoisotopic (exact) mass is 521 g/mol. The van der Waals surface area contributed by atoms with Crippen LogP contribution < -0.4 is 14.9 Å². The molecule has 3 aromatic rings. The molecule has 1 aromatic heterocycles. The van der Waals surface area contributed by atoms with Crippen molar-refractivity contribution >= 4 is 16.9 Å². The maximum Gasteiger partial charge on any atom is 0.290 e. The number of amides is 1. The van der Waals surface area contributed by atoms with Crippen LogP contribution in [0.5, 0.6) is 11.5 Å². The zero-order valence-corrected chi connectivity index (χ0v) is 23.2. The molecule has 204 valence electrons. The van der Waals surface area contributed by atoms with E-state index in [1.54, 1.807) is 18.1 Å². The zero-order chi connectivity index (χ0) is 27.2. The Morgan fingerprint density at radius 2 is 1.79 bits per heavy atom. The van der Waals surface area contributed by atoms with Crippen molar-refractivity contribution < 1.29 is 23.4 Å². The van der Waals surface area contributed by atoms with Crippen LogP contribution in [0.4, 0.5) is 0 Å². The maximum absolute atomic E-state index is 13.8.